The van der Waals surface area contributed by atoms with Crippen molar-refractivity contribution in [2.75, 3.05) is 23.5 Å². The van der Waals surface area contributed by atoms with Gasteiger partial charge in [0.25, 0.3) is 5.91 Å². The summed E-state index contributed by atoms with van der Waals surface area (Å²) in [6.07, 6.45) is 0. The summed E-state index contributed by atoms with van der Waals surface area (Å²) >= 11 is 2.62. The molecule has 3 aromatic carbocycles. The number of amides is 2. The molecule has 1 heterocycles. The Morgan fingerprint density at radius 3 is 2.38 bits per heavy atom. The topological polar surface area (TPSA) is 84.5 Å². The molecule has 0 aliphatic rings. The molecule has 0 unspecified atom stereocenters. The normalized spacial score (nSPS) is 10.6. The Morgan fingerprint density at radius 1 is 0.892 bits per heavy atom. The van der Waals surface area contributed by atoms with Gasteiger partial charge in [0.2, 0.25) is 5.91 Å². The number of carbonyl (C=O) groups is 3. The first-order chi connectivity index (χ1) is 17.8. The van der Waals surface area contributed by atoms with Crippen molar-refractivity contribution in [1.29, 1.82) is 0 Å². The maximum absolute atomic E-state index is 12.8. The molecule has 37 heavy (non-hydrogen) atoms. The average Bonchev–Trinajstić information content (AvgIpc) is 3.31. The van der Waals surface area contributed by atoms with Crippen molar-refractivity contribution in [3.8, 4) is 11.1 Å². The molecule has 6 nitrogen and oxygen atoms in total. The summed E-state index contributed by atoms with van der Waals surface area (Å²) in [5, 5.41) is 8.06. The zero-order valence-corrected chi connectivity index (χ0v) is 22.3. The second-order valence-corrected chi connectivity index (χ2v) is 10.3. The molecule has 2 N–H and O–H groups in total. The Bertz CT molecular complexity index is 1440. The van der Waals surface area contributed by atoms with Crippen LogP contribution in [-0.2, 0) is 9.53 Å². The van der Waals surface area contributed by atoms with Crippen LogP contribution in [0.1, 0.15) is 31.8 Å². The van der Waals surface area contributed by atoms with Crippen LogP contribution in [0.2, 0.25) is 0 Å². The highest BCUT2D eigenvalue weighted by molar-refractivity contribution is 8.00. The summed E-state index contributed by atoms with van der Waals surface area (Å²) < 4.78 is 4.99. The van der Waals surface area contributed by atoms with E-state index in [0.29, 0.717) is 21.8 Å². The van der Waals surface area contributed by atoms with Crippen LogP contribution >= 0.6 is 23.1 Å². The number of ether oxygens (including phenoxy) is 1. The Hall–Kier alpha value is -3.88. The van der Waals surface area contributed by atoms with Crippen molar-refractivity contribution < 1.29 is 19.1 Å². The highest BCUT2D eigenvalue weighted by Crippen LogP contribution is 2.36. The lowest BCUT2D eigenvalue weighted by Gasteiger charge is -2.09. The number of rotatable bonds is 8. The predicted molar refractivity (Wildman–Crippen MR) is 151 cm³/mol. The number of hydrogen-bond acceptors (Lipinski definition) is 6. The molecule has 188 valence electrons. The molecule has 2 amide bonds. The number of esters is 1. The summed E-state index contributed by atoms with van der Waals surface area (Å²) in [5.41, 5.74) is 5.29. The van der Waals surface area contributed by atoms with Crippen LogP contribution in [0.15, 0.2) is 83.1 Å². The fourth-order valence-corrected chi connectivity index (χ4v) is 5.39. The minimum Gasteiger partial charge on any atom is -0.465 e. The van der Waals surface area contributed by atoms with Crippen molar-refractivity contribution in [2.24, 2.45) is 0 Å². The lowest BCUT2D eigenvalue weighted by molar-refractivity contribution is -0.113. The zero-order valence-electron chi connectivity index (χ0n) is 20.7. The molecule has 0 fully saturated rings. The van der Waals surface area contributed by atoms with Crippen molar-refractivity contribution in [3.05, 3.63) is 100 Å². The van der Waals surface area contributed by atoms with E-state index < -0.39 is 5.97 Å². The maximum atomic E-state index is 12.8. The van der Waals surface area contributed by atoms with Gasteiger partial charge < -0.3 is 15.4 Å². The van der Waals surface area contributed by atoms with Gasteiger partial charge in [-0.25, -0.2) is 4.79 Å². The molecule has 0 spiro atoms. The van der Waals surface area contributed by atoms with E-state index in [4.69, 9.17) is 4.74 Å². The third-order valence-corrected chi connectivity index (χ3v) is 7.43. The molecule has 0 bridgehead atoms. The van der Waals surface area contributed by atoms with E-state index in [0.717, 1.165) is 27.1 Å². The molecule has 0 saturated heterocycles. The molecule has 4 aromatic rings. The SMILES string of the molecule is COC(=O)c1c(-c2ccc(C)cc2)csc1NC(=O)CSc1cccc(NC(=O)c2cccc(C)c2)c1. The van der Waals surface area contributed by atoms with Gasteiger partial charge in [0.15, 0.2) is 0 Å². The number of thioether (sulfide) groups is 1. The molecule has 0 radical (unpaired) electrons. The van der Waals surface area contributed by atoms with E-state index in [9.17, 15) is 14.4 Å². The van der Waals surface area contributed by atoms with Crippen molar-refractivity contribution in [2.45, 2.75) is 18.7 Å². The highest BCUT2D eigenvalue weighted by Gasteiger charge is 2.22. The Balaban J connectivity index is 1.42. The van der Waals surface area contributed by atoms with Crippen LogP contribution in [0.25, 0.3) is 11.1 Å². The molecular weight excluding hydrogens is 504 g/mol. The molecule has 0 aliphatic heterocycles. The van der Waals surface area contributed by atoms with Crippen LogP contribution in [-0.4, -0.2) is 30.6 Å². The van der Waals surface area contributed by atoms with Gasteiger partial charge in [-0.15, -0.1) is 23.1 Å². The van der Waals surface area contributed by atoms with Crippen molar-refractivity contribution in [1.82, 2.24) is 0 Å². The number of thiophene rings is 1. The number of methoxy groups -OCH3 is 1. The number of hydrogen-bond donors (Lipinski definition) is 2. The van der Waals surface area contributed by atoms with Gasteiger partial charge in [-0.05, 0) is 49.7 Å². The summed E-state index contributed by atoms with van der Waals surface area (Å²) in [6, 6.07) is 22.5. The van der Waals surface area contributed by atoms with E-state index in [1.165, 1.54) is 30.2 Å². The number of carbonyl (C=O) groups excluding carboxylic acids is 3. The smallest absolute Gasteiger partial charge is 0.341 e. The zero-order chi connectivity index (χ0) is 26.4. The number of anilines is 2. The fourth-order valence-electron chi connectivity index (χ4n) is 3.66. The van der Waals surface area contributed by atoms with Crippen molar-refractivity contribution in [3.63, 3.8) is 0 Å². The number of aryl methyl sites for hydroxylation is 2. The van der Waals surface area contributed by atoms with E-state index in [1.54, 1.807) is 12.1 Å². The van der Waals surface area contributed by atoms with E-state index >= 15 is 0 Å². The summed E-state index contributed by atoms with van der Waals surface area (Å²) in [6.45, 7) is 3.93. The minimum absolute atomic E-state index is 0.133. The first-order valence-electron chi connectivity index (χ1n) is 11.5. The molecular formula is C29H26N2O4S2. The number of benzene rings is 3. The third kappa shape index (κ3) is 6.67. The highest BCUT2D eigenvalue weighted by atomic mass is 32.2. The standard InChI is InChI=1S/C29H26N2O4S2/c1-18-10-12-20(13-11-18)24-16-37-28(26(24)29(34)35-3)31-25(32)17-36-23-9-5-8-22(15-23)30-27(33)21-7-4-6-19(2)14-21/h4-16H,17H2,1-3H3,(H,30,33)(H,31,32). The minimum atomic E-state index is -0.503. The van der Waals surface area contributed by atoms with Crippen LogP contribution in [0.4, 0.5) is 10.7 Å². The van der Waals surface area contributed by atoms with Crippen LogP contribution in [0.3, 0.4) is 0 Å². The second kappa shape index (κ2) is 11.9. The van der Waals surface area contributed by atoms with Gasteiger partial charge in [0.1, 0.15) is 10.6 Å². The summed E-state index contributed by atoms with van der Waals surface area (Å²) in [4.78, 5) is 38.7. The Kier molecular flexibility index (Phi) is 8.43. The molecule has 0 aliphatic carbocycles. The quantitative estimate of drug-likeness (QED) is 0.193. The van der Waals surface area contributed by atoms with E-state index in [2.05, 4.69) is 10.6 Å². The van der Waals surface area contributed by atoms with Gasteiger partial charge in [0.05, 0.1) is 12.9 Å². The summed E-state index contributed by atoms with van der Waals surface area (Å²) in [5.74, 6) is -0.812. The largest absolute Gasteiger partial charge is 0.465 e. The van der Waals surface area contributed by atoms with E-state index in [-0.39, 0.29) is 17.6 Å². The second-order valence-electron chi connectivity index (χ2n) is 8.40. The average molecular weight is 531 g/mol. The molecule has 0 saturated carbocycles. The van der Waals surface area contributed by atoms with Gasteiger partial charge in [-0.2, -0.15) is 0 Å². The lowest BCUT2D eigenvalue weighted by Crippen LogP contribution is -2.16. The molecule has 4 rings (SSSR count). The van der Waals surface area contributed by atoms with Gasteiger partial charge >= 0.3 is 5.97 Å². The Labute approximate surface area is 224 Å². The van der Waals surface area contributed by atoms with Crippen LogP contribution in [0.5, 0.6) is 0 Å². The first-order valence-corrected chi connectivity index (χ1v) is 13.4. The monoisotopic (exact) mass is 530 g/mol. The first kappa shape index (κ1) is 26.2. The van der Waals surface area contributed by atoms with E-state index in [1.807, 2.05) is 79.9 Å². The van der Waals surface area contributed by atoms with Crippen molar-refractivity contribution >= 4 is 51.6 Å². The molecule has 8 heteroatoms. The summed E-state index contributed by atoms with van der Waals surface area (Å²) in [7, 11) is 1.32. The van der Waals surface area contributed by atoms with Crippen LogP contribution < -0.4 is 10.6 Å². The number of nitrogens with one attached hydrogen (secondary N) is 2. The van der Waals surface area contributed by atoms with Gasteiger partial charge in [-0.1, -0.05) is 53.6 Å². The van der Waals surface area contributed by atoms with Gasteiger partial charge in [0, 0.05) is 27.1 Å². The van der Waals surface area contributed by atoms with Crippen LogP contribution in [0, 0.1) is 13.8 Å². The predicted octanol–water partition coefficient (Wildman–Crippen LogP) is 6.80. The van der Waals surface area contributed by atoms with Gasteiger partial charge in [-0.3, -0.25) is 9.59 Å². The fraction of sp³-hybridized carbons (Fsp3) is 0.138. The maximum Gasteiger partial charge on any atom is 0.341 e. The Morgan fingerprint density at radius 2 is 1.65 bits per heavy atom. The third-order valence-electron chi connectivity index (χ3n) is 5.54. The molecule has 1 aromatic heterocycles. The lowest BCUT2D eigenvalue weighted by atomic mass is 10.0. The molecule has 0 atom stereocenters.